The van der Waals surface area contributed by atoms with Gasteiger partial charge in [0.25, 0.3) is 5.91 Å². The molecule has 4 aromatic carbocycles. The molecule has 2 aliphatic heterocycles. The van der Waals surface area contributed by atoms with Crippen LogP contribution in [0.1, 0.15) is 80.4 Å². The summed E-state index contributed by atoms with van der Waals surface area (Å²) < 4.78 is 0. The Morgan fingerprint density at radius 3 is 1.74 bits per heavy atom. The van der Waals surface area contributed by atoms with Crippen LogP contribution in [0.3, 0.4) is 0 Å². The van der Waals surface area contributed by atoms with Crippen LogP contribution in [0.25, 0.3) is 33.6 Å². The fourth-order valence-electron chi connectivity index (χ4n) is 8.17. The molecule has 4 N–H and O–H groups in total. The average molecular weight is 782 g/mol. The first-order valence-electron chi connectivity index (χ1n) is 19.3. The molecule has 0 saturated carbocycles. The molecule has 2 aliphatic rings. The Labute approximate surface area is 336 Å². The van der Waals surface area contributed by atoms with Crippen LogP contribution in [-0.4, -0.2) is 65.8 Å². The lowest BCUT2D eigenvalue weighted by molar-refractivity contribution is -0.137. The molecule has 8 rings (SSSR count). The highest BCUT2D eigenvalue weighted by molar-refractivity contribution is 6.30. The highest BCUT2D eigenvalue weighted by Crippen LogP contribution is 2.38. The molecule has 0 radical (unpaired) electrons. The Kier molecular flexibility index (Phi) is 10.4. The highest BCUT2D eigenvalue weighted by Gasteiger charge is 2.41. The molecular formula is C45H44ClN7O4. The number of imidazole rings is 2. The topological polar surface area (TPSA) is 147 Å². The van der Waals surface area contributed by atoms with Crippen molar-refractivity contribution in [2.24, 2.45) is 0 Å². The first-order chi connectivity index (χ1) is 27.6. The largest absolute Gasteiger partial charge is 0.465 e. The van der Waals surface area contributed by atoms with Gasteiger partial charge in [0.15, 0.2) is 0 Å². The number of hydrogen-bond acceptors (Lipinski definition) is 5. The van der Waals surface area contributed by atoms with E-state index in [1.807, 2.05) is 67.4 Å². The maximum atomic E-state index is 13.9. The molecule has 2 saturated heterocycles. The van der Waals surface area contributed by atoms with E-state index in [0.29, 0.717) is 29.5 Å². The minimum Gasteiger partial charge on any atom is -0.465 e. The van der Waals surface area contributed by atoms with Crippen molar-refractivity contribution in [1.82, 2.24) is 35.1 Å². The predicted molar refractivity (Wildman–Crippen MR) is 219 cm³/mol. The number of hydrogen-bond donors (Lipinski definition) is 4. The van der Waals surface area contributed by atoms with Crippen molar-refractivity contribution in [3.8, 4) is 33.6 Å². The summed E-state index contributed by atoms with van der Waals surface area (Å²) in [6, 6.07) is 31.6. The van der Waals surface area contributed by atoms with Crippen molar-refractivity contribution in [3.63, 3.8) is 0 Å². The van der Waals surface area contributed by atoms with Gasteiger partial charge in [-0.3, -0.25) is 9.59 Å². The van der Waals surface area contributed by atoms with Gasteiger partial charge in [-0.1, -0.05) is 103 Å². The zero-order chi connectivity index (χ0) is 39.7. The lowest BCUT2D eigenvalue weighted by Gasteiger charge is -2.33. The number of carbonyl (C=O) groups excluding carboxylic acids is 2. The van der Waals surface area contributed by atoms with Gasteiger partial charge in [-0.2, -0.15) is 0 Å². The standard InChI is InChI=1S/C45H44ClN7O4/c1-45(2,33-20-22-34(46)23-21-33)43(55)53-25-7-11-38(53)41-48-27-36(50-41)31-18-14-29(15-19-31)28-12-16-30(17-13-28)35-26-47-40(49-35)37-10-6-24-52(37)42(54)39(51-44(56)57)32-8-4-3-5-9-32/h3-5,8-9,12-23,26-27,37-39,51H,6-7,10-11,24-25H2,1-2H3,(H,47,49)(H,48,50)(H,56,57)/t37-,38?,39+/m0/s1. The number of halogens is 1. The number of aromatic amines is 2. The van der Waals surface area contributed by atoms with Crippen molar-refractivity contribution < 1.29 is 19.5 Å². The molecule has 6 aromatic rings. The smallest absolute Gasteiger partial charge is 0.405 e. The van der Waals surface area contributed by atoms with Crippen LogP contribution in [0.5, 0.6) is 0 Å². The zero-order valence-electron chi connectivity index (χ0n) is 31.8. The number of likely N-dealkylation sites (tertiary alicyclic amines) is 2. The third kappa shape index (κ3) is 7.67. The van der Waals surface area contributed by atoms with Gasteiger partial charge in [0.05, 0.1) is 41.3 Å². The minimum atomic E-state index is -1.25. The van der Waals surface area contributed by atoms with Crippen molar-refractivity contribution >= 4 is 29.5 Å². The Balaban J connectivity index is 0.928. The normalized spacial score (nSPS) is 17.5. The van der Waals surface area contributed by atoms with Crippen LogP contribution in [0.4, 0.5) is 4.79 Å². The van der Waals surface area contributed by atoms with E-state index in [2.05, 4.69) is 56.7 Å². The summed E-state index contributed by atoms with van der Waals surface area (Å²) in [5.41, 5.74) is 6.65. The number of nitrogens with one attached hydrogen (secondary N) is 3. The fourth-order valence-corrected chi connectivity index (χ4v) is 8.30. The van der Waals surface area contributed by atoms with E-state index in [-0.39, 0.29) is 23.9 Å². The van der Waals surface area contributed by atoms with Crippen molar-refractivity contribution in [3.05, 3.63) is 143 Å². The van der Waals surface area contributed by atoms with Gasteiger partial charge < -0.3 is 30.2 Å². The van der Waals surface area contributed by atoms with E-state index in [0.717, 1.165) is 70.7 Å². The number of aromatic nitrogens is 4. The molecule has 1 unspecified atom stereocenters. The summed E-state index contributed by atoms with van der Waals surface area (Å²) in [5.74, 6) is 1.25. The third-order valence-electron chi connectivity index (χ3n) is 11.3. The zero-order valence-corrected chi connectivity index (χ0v) is 32.5. The van der Waals surface area contributed by atoms with Gasteiger partial charge in [0.2, 0.25) is 5.91 Å². The summed E-state index contributed by atoms with van der Waals surface area (Å²) in [5, 5.41) is 12.5. The maximum Gasteiger partial charge on any atom is 0.405 e. The Bertz CT molecular complexity index is 2370. The summed E-state index contributed by atoms with van der Waals surface area (Å²) >= 11 is 6.12. The van der Waals surface area contributed by atoms with E-state index in [1.165, 1.54) is 0 Å². The SMILES string of the molecule is CC(C)(C(=O)N1CCCC1c1ncc(-c2ccc(-c3ccc(-c4cnc([C@@H]5CCCN5C(=O)[C@H](NC(=O)O)c5ccccc5)[nH]4)cc3)cc2)[nH]1)c1ccc(Cl)cc1. The molecule has 3 amide bonds. The van der Waals surface area contributed by atoms with Crippen LogP contribution in [-0.2, 0) is 15.0 Å². The quantitative estimate of drug-likeness (QED) is 0.109. The van der Waals surface area contributed by atoms with Gasteiger partial charge in [-0.25, -0.2) is 14.8 Å². The number of rotatable bonds is 10. The van der Waals surface area contributed by atoms with E-state index in [1.54, 1.807) is 35.4 Å². The summed E-state index contributed by atoms with van der Waals surface area (Å²) in [6.07, 6.45) is 5.66. The van der Waals surface area contributed by atoms with E-state index < -0.39 is 17.6 Å². The molecule has 11 nitrogen and oxygen atoms in total. The van der Waals surface area contributed by atoms with Crippen LogP contribution in [0, 0.1) is 0 Å². The van der Waals surface area contributed by atoms with Crippen LogP contribution < -0.4 is 5.32 Å². The van der Waals surface area contributed by atoms with Crippen molar-refractivity contribution in [2.75, 3.05) is 13.1 Å². The second kappa shape index (κ2) is 15.7. The second-order valence-electron chi connectivity index (χ2n) is 15.3. The first kappa shape index (κ1) is 37.7. The molecule has 0 aliphatic carbocycles. The predicted octanol–water partition coefficient (Wildman–Crippen LogP) is 9.10. The van der Waals surface area contributed by atoms with Gasteiger partial charge in [-0.15, -0.1) is 0 Å². The minimum absolute atomic E-state index is 0.0746. The van der Waals surface area contributed by atoms with Crippen LogP contribution in [0.15, 0.2) is 116 Å². The van der Waals surface area contributed by atoms with Gasteiger partial charge in [0.1, 0.15) is 17.7 Å². The van der Waals surface area contributed by atoms with E-state index in [9.17, 15) is 19.5 Å². The molecule has 57 heavy (non-hydrogen) atoms. The molecule has 0 bridgehead atoms. The Hall–Kier alpha value is -6.20. The van der Waals surface area contributed by atoms with E-state index in [4.69, 9.17) is 16.6 Å². The number of carboxylic acid groups (broad SMARTS) is 1. The van der Waals surface area contributed by atoms with E-state index >= 15 is 0 Å². The summed E-state index contributed by atoms with van der Waals surface area (Å²) in [6.45, 7) is 5.14. The number of carbonyl (C=O) groups is 3. The monoisotopic (exact) mass is 781 g/mol. The van der Waals surface area contributed by atoms with Gasteiger partial charge in [0, 0.05) is 18.1 Å². The number of H-pyrrole nitrogens is 2. The second-order valence-corrected chi connectivity index (χ2v) is 15.7. The number of nitrogens with zero attached hydrogens (tertiary/aromatic N) is 4. The first-order valence-corrected chi connectivity index (χ1v) is 19.7. The molecular weight excluding hydrogens is 738 g/mol. The van der Waals surface area contributed by atoms with Crippen LogP contribution in [0.2, 0.25) is 5.02 Å². The molecule has 2 fully saturated rings. The summed E-state index contributed by atoms with van der Waals surface area (Å²) in [4.78, 5) is 59.3. The lowest BCUT2D eigenvalue weighted by Crippen LogP contribution is -2.43. The Morgan fingerprint density at radius 1 is 0.719 bits per heavy atom. The lowest BCUT2D eigenvalue weighted by atomic mass is 9.83. The highest BCUT2D eigenvalue weighted by atomic mass is 35.5. The van der Waals surface area contributed by atoms with Gasteiger partial charge >= 0.3 is 6.09 Å². The van der Waals surface area contributed by atoms with Crippen molar-refractivity contribution in [1.29, 1.82) is 0 Å². The van der Waals surface area contributed by atoms with Crippen molar-refractivity contribution in [2.45, 2.75) is 63.1 Å². The Morgan fingerprint density at radius 2 is 1.21 bits per heavy atom. The van der Waals surface area contributed by atoms with Crippen LogP contribution >= 0.6 is 11.6 Å². The van der Waals surface area contributed by atoms with Gasteiger partial charge in [-0.05, 0) is 85.0 Å². The third-order valence-corrected chi connectivity index (χ3v) is 11.6. The molecule has 2 aromatic heterocycles. The summed E-state index contributed by atoms with van der Waals surface area (Å²) in [7, 11) is 0. The molecule has 3 atom stereocenters. The molecule has 4 heterocycles. The number of benzene rings is 4. The molecule has 12 heteroatoms. The number of amides is 3. The maximum absolute atomic E-state index is 13.9. The molecule has 0 spiro atoms. The average Bonchev–Trinajstić information content (AvgIpc) is 4.07. The fraction of sp³-hybridized carbons (Fsp3) is 0.267. The molecule has 290 valence electrons.